The molecule has 0 amide bonds. The standard InChI is InChI=1S/C16H22N2S/c1-13(2)18(12-16-4-3-11-19-16)10-9-14-5-7-15(17)8-6-14/h3-8,11,13H,9-10,12,17H2,1-2H3. The Balaban J connectivity index is 1.91. The topological polar surface area (TPSA) is 29.3 Å². The van der Waals surface area contributed by atoms with E-state index in [1.165, 1.54) is 10.4 Å². The van der Waals surface area contributed by atoms with Gasteiger partial charge in [0.2, 0.25) is 0 Å². The maximum Gasteiger partial charge on any atom is 0.0330 e. The minimum Gasteiger partial charge on any atom is -0.399 e. The Morgan fingerprint density at radius 3 is 2.47 bits per heavy atom. The number of nitrogens with two attached hydrogens (primary N) is 1. The van der Waals surface area contributed by atoms with Gasteiger partial charge in [-0.15, -0.1) is 11.3 Å². The van der Waals surface area contributed by atoms with Gasteiger partial charge in [0.05, 0.1) is 0 Å². The van der Waals surface area contributed by atoms with Crippen molar-refractivity contribution in [3.63, 3.8) is 0 Å². The van der Waals surface area contributed by atoms with Crippen molar-refractivity contribution in [1.29, 1.82) is 0 Å². The Morgan fingerprint density at radius 2 is 1.89 bits per heavy atom. The smallest absolute Gasteiger partial charge is 0.0330 e. The van der Waals surface area contributed by atoms with Crippen LogP contribution in [0.15, 0.2) is 41.8 Å². The van der Waals surface area contributed by atoms with Crippen LogP contribution in [0, 0.1) is 0 Å². The van der Waals surface area contributed by atoms with Gasteiger partial charge in [0.15, 0.2) is 0 Å². The fourth-order valence-corrected chi connectivity index (χ4v) is 2.81. The zero-order valence-corrected chi connectivity index (χ0v) is 12.5. The second kappa shape index (κ2) is 6.73. The normalized spacial score (nSPS) is 11.4. The summed E-state index contributed by atoms with van der Waals surface area (Å²) in [6.07, 6.45) is 1.07. The first-order valence-electron chi connectivity index (χ1n) is 6.76. The summed E-state index contributed by atoms with van der Waals surface area (Å²) in [5.74, 6) is 0. The molecule has 2 rings (SSSR count). The van der Waals surface area contributed by atoms with E-state index in [2.05, 4.69) is 48.4 Å². The van der Waals surface area contributed by atoms with Gasteiger partial charge in [-0.05, 0) is 49.4 Å². The van der Waals surface area contributed by atoms with E-state index in [-0.39, 0.29) is 0 Å². The molecule has 0 fully saturated rings. The van der Waals surface area contributed by atoms with Crippen LogP contribution in [-0.4, -0.2) is 17.5 Å². The Bertz CT molecular complexity index is 474. The molecule has 0 saturated heterocycles. The summed E-state index contributed by atoms with van der Waals surface area (Å²) in [5, 5.41) is 2.15. The molecular formula is C16H22N2S. The molecule has 1 aromatic heterocycles. The number of thiophene rings is 1. The number of rotatable bonds is 6. The van der Waals surface area contributed by atoms with Crippen molar-refractivity contribution >= 4 is 17.0 Å². The second-order valence-corrected chi connectivity index (χ2v) is 6.17. The predicted octanol–water partition coefficient (Wildman–Crippen LogP) is 3.78. The molecule has 2 nitrogen and oxygen atoms in total. The molecule has 3 heteroatoms. The van der Waals surface area contributed by atoms with Gasteiger partial charge in [0.25, 0.3) is 0 Å². The van der Waals surface area contributed by atoms with E-state index < -0.39 is 0 Å². The van der Waals surface area contributed by atoms with Gasteiger partial charge in [0.1, 0.15) is 0 Å². The van der Waals surface area contributed by atoms with Gasteiger partial charge in [-0.2, -0.15) is 0 Å². The van der Waals surface area contributed by atoms with Crippen LogP contribution >= 0.6 is 11.3 Å². The number of nitrogen functional groups attached to an aromatic ring is 1. The molecule has 0 atom stereocenters. The fraction of sp³-hybridized carbons (Fsp3) is 0.375. The third-order valence-corrected chi connectivity index (χ3v) is 4.20. The number of hydrogen-bond acceptors (Lipinski definition) is 3. The summed E-state index contributed by atoms with van der Waals surface area (Å²) in [6, 6.07) is 13.1. The van der Waals surface area contributed by atoms with E-state index >= 15 is 0 Å². The molecule has 2 aromatic rings. The van der Waals surface area contributed by atoms with E-state index in [1.54, 1.807) is 0 Å². The lowest BCUT2D eigenvalue weighted by molar-refractivity contribution is 0.217. The van der Waals surface area contributed by atoms with Crippen molar-refractivity contribution in [1.82, 2.24) is 4.90 Å². The van der Waals surface area contributed by atoms with E-state index in [1.807, 2.05) is 23.5 Å². The van der Waals surface area contributed by atoms with Crippen molar-refractivity contribution in [2.24, 2.45) is 0 Å². The summed E-state index contributed by atoms with van der Waals surface area (Å²) in [7, 11) is 0. The SMILES string of the molecule is CC(C)N(CCc1ccc(N)cc1)Cc1cccs1. The fourth-order valence-electron chi connectivity index (χ4n) is 2.08. The Hall–Kier alpha value is -1.32. The van der Waals surface area contributed by atoms with Gasteiger partial charge in [-0.25, -0.2) is 0 Å². The number of hydrogen-bond donors (Lipinski definition) is 1. The molecule has 0 spiro atoms. The van der Waals surface area contributed by atoms with Crippen molar-refractivity contribution in [3.8, 4) is 0 Å². The molecule has 0 bridgehead atoms. The summed E-state index contributed by atoms with van der Waals surface area (Å²) in [5.41, 5.74) is 7.90. The summed E-state index contributed by atoms with van der Waals surface area (Å²) < 4.78 is 0. The average Bonchev–Trinajstić information content (AvgIpc) is 2.89. The zero-order valence-electron chi connectivity index (χ0n) is 11.7. The molecule has 0 aliphatic carbocycles. The molecule has 102 valence electrons. The first-order valence-corrected chi connectivity index (χ1v) is 7.64. The summed E-state index contributed by atoms with van der Waals surface area (Å²) in [4.78, 5) is 3.95. The third-order valence-electron chi connectivity index (χ3n) is 3.34. The molecule has 19 heavy (non-hydrogen) atoms. The van der Waals surface area contributed by atoms with Crippen LogP contribution in [0.25, 0.3) is 0 Å². The van der Waals surface area contributed by atoms with E-state index in [0.29, 0.717) is 6.04 Å². The Kier molecular flexibility index (Phi) is 5.00. The molecule has 1 heterocycles. The van der Waals surface area contributed by atoms with Crippen LogP contribution in [0.4, 0.5) is 5.69 Å². The Morgan fingerprint density at radius 1 is 1.16 bits per heavy atom. The van der Waals surface area contributed by atoms with Gasteiger partial charge in [-0.1, -0.05) is 18.2 Å². The molecule has 0 unspecified atom stereocenters. The van der Waals surface area contributed by atoms with Crippen LogP contribution in [0.5, 0.6) is 0 Å². The molecule has 0 saturated carbocycles. The maximum atomic E-state index is 5.71. The summed E-state index contributed by atoms with van der Waals surface area (Å²) in [6.45, 7) is 6.65. The van der Waals surface area contributed by atoms with E-state index in [4.69, 9.17) is 5.73 Å². The lowest BCUT2D eigenvalue weighted by atomic mass is 10.1. The largest absolute Gasteiger partial charge is 0.399 e. The van der Waals surface area contributed by atoms with Crippen LogP contribution in [0.2, 0.25) is 0 Å². The molecule has 2 N–H and O–H groups in total. The monoisotopic (exact) mass is 274 g/mol. The number of anilines is 1. The van der Waals surface area contributed by atoms with E-state index in [0.717, 1.165) is 25.2 Å². The molecule has 1 aromatic carbocycles. The van der Waals surface area contributed by atoms with Gasteiger partial charge in [-0.3, -0.25) is 4.90 Å². The highest BCUT2D eigenvalue weighted by atomic mass is 32.1. The highest BCUT2D eigenvalue weighted by Crippen LogP contribution is 2.15. The molecule has 0 aliphatic rings. The van der Waals surface area contributed by atoms with E-state index in [9.17, 15) is 0 Å². The number of nitrogens with zero attached hydrogens (tertiary/aromatic N) is 1. The Labute approximate surface area is 119 Å². The van der Waals surface area contributed by atoms with Crippen LogP contribution in [-0.2, 0) is 13.0 Å². The van der Waals surface area contributed by atoms with Crippen LogP contribution < -0.4 is 5.73 Å². The summed E-state index contributed by atoms with van der Waals surface area (Å²) >= 11 is 1.83. The van der Waals surface area contributed by atoms with Crippen LogP contribution in [0.1, 0.15) is 24.3 Å². The highest BCUT2D eigenvalue weighted by molar-refractivity contribution is 7.09. The van der Waals surface area contributed by atoms with Crippen molar-refractivity contribution < 1.29 is 0 Å². The number of benzene rings is 1. The molecular weight excluding hydrogens is 252 g/mol. The van der Waals surface area contributed by atoms with Gasteiger partial charge in [0, 0.05) is 29.7 Å². The van der Waals surface area contributed by atoms with Crippen molar-refractivity contribution in [2.45, 2.75) is 32.9 Å². The molecule has 0 aliphatic heterocycles. The zero-order chi connectivity index (χ0) is 13.7. The second-order valence-electron chi connectivity index (χ2n) is 5.14. The van der Waals surface area contributed by atoms with Gasteiger partial charge < -0.3 is 5.73 Å². The average molecular weight is 274 g/mol. The maximum absolute atomic E-state index is 5.71. The van der Waals surface area contributed by atoms with Crippen molar-refractivity contribution in [3.05, 3.63) is 52.2 Å². The minimum absolute atomic E-state index is 0.566. The minimum atomic E-state index is 0.566. The quantitative estimate of drug-likeness (QED) is 0.812. The lowest BCUT2D eigenvalue weighted by Crippen LogP contribution is -2.32. The predicted molar refractivity (Wildman–Crippen MR) is 84.4 cm³/mol. The third kappa shape index (κ3) is 4.37. The van der Waals surface area contributed by atoms with Crippen molar-refractivity contribution in [2.75, 3.05) is 12.3 Å². The first kappa shape index (κ1) is 14.1. The highest BCUT2D eigenvalue weighted by Gasteiger charge is 2.10. The lowest BCUT2D eigenvalue weighted by Gasteiger charge is -2.26. The van der Waals surface area contributed by atoms with Gasteiger partial charge >= 0.3 is 0 Å². The van der Waals surface area contributed by atoms with Crippen LogP contribution in [0.3, 0.4) is 0 Å². The molecule has 0 radical (unpaired) electrons. The first-order chi connectivity index (χ1) is 9.15.